The van der Waals surface area contributed by atoms with Crippen LogP contribution in [0.3, 0.4) is 0 Å². The summed E-state index contributed by atoms with van der Waals surface area (Å²) >= 11 is 0. The molecule has 2 nitrogen and oxygen atoms in total. The van der Waals surface area contributed by atoms with E-state index < -0.39 is 9.20 Å². The number of hydrogen-bond donors (Lipinski definition) is 0. The maximum absolute atomic E-state index is 5.88. The molecule has 2 fully saturated rings. The van der Waals surface area contributed by atoms with Crippen LogP contribution in [0.4, 0.5) is 0 Å². The summed E-state index contributed by atoms with van der Waals surface area (Å²) in [5.41, 5.74) is 0. The molecule has 0 spiro atoms. The first-order valence-corrected chi connectivity index (χ1v) is 7.13. The summed E-state index contributed by atoms with van der Waals surface area (Å²) in [5.74, 6) is 0. The molecule has 1 atom stereocenters. The molecule has 0 bridgehead atoms. The number of hydrogen-bond acceptors (Lipinski definition) is 2. The lowest BCUT2D eigenvalue weighted by Gasteiger charge is -2.35. The lowest BCUT2D eigenvalue weighted by molar-refractivity contribution is 0.217. The third-order valence-electron chi connectivity index (χ3n) is 2.95. The third kappa shape index (κ3) is 2.09. The van der Waals surface area contributed by atoms with Crippen molar-refractivity contribution in [3.63, 3.8) is 0 Å². The Balaban J connectivity index is 1.80. The van der Waals surface area contributed by atoms with E-state index in [4.69, 9.17) is 4.43 Å². The highest BCUT2D eigenvalue weighted by Crippen LogP contribution is 2.18. The van der Waals surface area contributed by atoms with Gasteiger partial charge < -0.3 is 8.99 Å². The first kappa shape index (κ1) is 8.72. The van der Waals surface area contributed by atoms with Crippen LogP contribution in [0.25, 0.3) is 0 Å². The second-order valence-electron chi connectivity index (χ2n) is 3.92. The molecule has 0 saturated carbocycles. The fourth-order valence-electron chi connectivity index (χ4n) is 2.22. The fourth-order valence-corrected chi connectivity index (χ4v) is 4.98. The van der Waals surface area contributed by atoms with E-state index in [9.17, 15) is 0 Å². The average molecular weight is 185 g/mol. The van der Waals surface area contributed by atoms with Crippen molar-refractivity contribution in [1.82, 2.24) is 4.57 Å². The van der Waals surface area contributed by atoms with Crippen LogP contribution in [0.1, 0.15) is 32.1 Å². The van der Waals surface area contributed by atoms with E-state index in [1.807, 2.05) is 0 Å². The zero-order valence-corrected chi connectivity index (χ0v) is 8.95. The van der Waals surface area contributed by atoms with Crippen LogP contribution in [0.15, 0.2) is 0 Å². The van der Waals surface area contributed by atoms with E-state index in [0.29, 0.717) is 0 Å². The molecule has 3 heteroatoms. The molecule has 70 valence electrons. The molecule has 0 aromatic carbocycles. The first-order chi connectivity index (χ1) is 5.97. The van der Waals surface area contributed by atoms with Crippen molar-refractivity contribution < 1.29 is 4.43 Å². The molecule has 2 aliphatic heterocycles. The van der Waals surface area contributed by atoms with Gasteiger partial charge in [-0.05, 0) is 38.4 Å². The van der Waals surface area contributed by atoms with Crippen molar-refractivity contribution in [2.24, 2.45) is 0 Å². The molecule has 0 aromatic heterocycles. The Morgan fingerprint density at radius 1 is 0.917 bits per heavy atom. The molecule has 2 aliphatic rings. The Hall–Kier alpha value is 0.137. The van der Waals surface area contributed by atoms with Crippen LogP contribution in [0.5, 0.6) is 0 Å². The number of nitrogens with zero attached hydrogens (tertiary/aromatic N) is 1. The van der Waals surface area contributed by atoms with Gasteiger partial charge >= 0.3 is 0 Å². The molecule has 0 N–H and O–H groups in total. The summed E-state index contributed by atoms with van der Waals surface area (Å²) < 4.78 is 8.55. The van der Waals surface area contributed by atoms with Crippen LogP contribution in [-0.2, 0) is 4.43 Å². The number of rotatable bonds is 1. The second kappa shape index (κ2) is 4.39. The van der Waals surface area contributed by atoms with E-state index in [0.717, 1.165) is 6.61 Å². The minimum Gasteiger partial charge on any atom is -0.405 e. The van der Waals surface area contributed by atoms with Crippen LogP contribution in [-0.4, -0.2) is 33.5 Å². The van der Waals surface area contributed by atoms with Gasteiger partial charge in [-0.1, -0.05) is 12.8 Å². The molecule has 0 radical (unpaired) electrons. The van der Waals surface area contributed by atoms with Crippen molar-refractivity contribution >= 4 is 9.20 Å². The predicted molar refractivity (Wildman–Crippen MR) is 52.6 cm³/mol. The summed E-state index contributed by atoms with van der Waals surface area (Å²) in [6, 6.07) is 1.40. The van der Waals surface area contributed by atoms with Gasteiger partial charge in [-0.3, -0.25) is 0 Å². The van der Waals surface area contributed by atoms with E-state index in [1.54, 1.807) is 0 Å². The molecule has 0 aliphatic carbocycles. The van der Waals surface area contributed by atoms with Crippen LogP contribution in [0, 0.1) is 0 Å². The van der Waals surface area contributed by atoms with Crippen molar-refractivity contribution in [1.29, 1.82) is 0 Å². The normalized spacial score (nSPS) is 33.5. The highest BCUT2D eigenvalue weighted by Gasteiger charge is 2.24. The van der Waals surface area contributed by atoms with Crippen molar-refractivity contribution in [3.8, 4) is 0 Å². The summed E-state index contributed by atoms with van der Waals surface area (Å²) in [6.07, 6.45) is 6.99. The van der Waals surface area contributed by atoms with Crippen molar-refractivity contribution in [2.45, 2.75) is 38.1 Å². The monoisotopic (exact) mass is 185 g/mol. The quantitative estimate of drug-likeness (QED) is 0.574. The lowest BCUT2D eigenvalue weighted by Crippen LogP contribution is -2.46. The summed E-state index contributed by atoms with van der Waals surface area (Å²) in [5, 5.41) is 0. The Morgan fingerprint density at radius 3 is 2.42 bits per heavy atom. The predicted octanol–water partition coefficient (Wildman–Crippen LogP) is 1.50. The Morgan fingerprint density at radius 2 is 1.75 bits per heavy atom. The van der Waals surface area contributed by atoms with Crippen LogP contribution >= 0.6 is 0 Å². The molecular weight excluding hydrogens is 166 g/mol. The van der Waals surface area contributed by atoms with Gasteiger partial charge in [0.15, 0.2) is 0 Å². The average Bonchev–Trinajstić information content (AvgIpc) is 2.21. The Kier molecular flexibility index (Phi) is 3.19. The molecule has 12 heavy (non-hydrogen) atoms. The maximum atomic E-state index is 5.88. The molecule has 0 aromatic rings. The Labute approximate surface area is 76.7 Å². The highest BCUT2D eigenvalue weighted by molar-refractivity contribution is 6.48. The molecule has 0 amide bonds. The minimum absolute atomic E-state index is 0.874. The SMILES string of the molecule is C1CCN([SiH]2CCCCO2)CC1. The van der Waals surface area contributed by atoms with Crippen molar-refractivity contribution in [2.75, 3.05) is 19.7 Å². The summed E-state index contributed by atoms with van der Waals surface area (Å²) in [6.45, 7) is 3.71. The van der Waals surface area contributed by atoms with Gasteiger partial charge in [-0.25, -0.2) is 0 Å². The number of piperidine rings is 1. The Bertz CT molecular complexity index is 114. The van der Waals surface area contributed by atoms with E-state index in [-0.39, 0.29) is 0 Å². The largest absolute Gasteiger partial charge is 0.405 e. The highest BCUT2D eigenvalue weighted by atomic mass is 28.3. The molecule has 1 unspecified atom stereocenters. The molecule has 2 heterocycles. The van der Waals surface area contributed by atoms with E-state index in [1.165, 1.54) is 51.2 Å². The van der Waals surface area contributed by atoms with Crippen LogP contribution in [0.2, 0.25) is 6.04 Å². The second-order valence-corrected chi connectivity index (χ2v) is 6.47. The smallest absolute Gasteiger partial charge is 0.254 e. The molecule has 2 rings (SSSR count). The van der Waals surface area contributed by atoms with Crippen molar-refractivity contribution in [3.05, 3.63) is 0 Å². The van der Waals surface area contributed by atoms with Gasteiger partial charge in [0.2, 0.25) is 0 Å². The molecule has 2 saturated heterocycles. The van der Waals surface area contributed by atoms with Gasteiger partial charge in [0, 0.05) is 6.61 Å². The van der Waals surface area contributed by atoms with E-state index >= 15 is 0 Å². The third-order valence-corrected chi connectivity index (χ3v) is 5.81. The standard InChI is InChI=1S/C9H19NOSi/c1-2-6-10(7-3-1)12-9-5-4-8-11-12/h12H,1-9H2. The van der Waals surface area contributed by atoms with E-state index in [2.05, 4.69) is 4.57 Å². The van der Waals surface area contributed by atoms with Gasteiger partial charge in [0.1, 0.15) is 0 Å². The molecular formula is C9H19NOSi. The van der Waals surface area contributed by atoms with Gasteiger partial charge in [-0.2, -0.15) is 0 Å². The van der Waals surface area contributed by atoms with Gasteiger partial charge in [0.05, 0.1) is 0 Å². The summed E-state index contributed by atoms with van der Waals surface area (Å²) in [7, 11) is -0.874. The van der Waals surface area contributed by atoms with Gasteiger partial charge in [-0.15, -0.1) is 0 Å². The van der Waals surface area contributed by atoms with Crippen LogP contribution < -0.4 is 0 Å². The summed E-state index contributed by atoms with van der Waals surface area (Å²) in [4.78, 5) is 0. The lowest BCUT2D eigenvalue weighted by atomic mass is 10.2. The maximum Gasteiger partial charge on any atom is 0.254 e. The zero-order valence-electron chi connectivity index (χ0n) is 7.80. The zero-order chi connectivity index (χ0) is 8.23. The minimum atomic E-state index is -0.874. The fraction of sp³-hybridized carbons (Fsp3) is 1.00. The first-order valence-electron chi connectivity index (χ1n) is 5.32. The van der Waals surface area contributed by atoms with Gasteiger partial charge in [0.25, 0.3) is 9.20 Å². The topological polar surface area (TPSA) is 12.5 Å².